The van der Waals surface area contributed by atoms with Crippen LogP contribution < -0.4 is 0 Å². The van der Waals surface area contributed by atoms with Crippen molar-refractivity contribution < 1.29 is 14.0 Å². The number of piperazine rings is 1. The van der Waals surface area contributed by atoms with Gasteiger partial charge in [0.25, 0.3) is 11.8 Å². The Hall–Kier alpha value is -3.71. The van der Waals surface area contributed by atoms with Gasteiger partial charge in [0.15, 0.2) is 10.8 Å². The summed E-state index contributed by atoms with van der Waals surface area (Å²) in [7, 11) is 0. The highest BCUT2D eigenvalue weighted by Gasteiger charge is 2.29. The minimum Gasteiger partial charge on any atom is -0.462 e. The van der Waals surface area contributed by atoms with Crippen LogP contribution in [0, 0.1) is 0 Å². The summed E-state index contributed by atoms with van der Waals surface area (Å²) in [4.78, 5) is 35.1. The first kappa shape index (κ1) is 20.2. The molecular formula is C25H21N3O3S. The predicted octanol–water partition coefficient (Wildman–Crippen LogP) is 4.67. The summed E-state index contributed by atoms with van der Waals surface area (Å²) in [6, 6.07) is 22.6. The molecule has 7 heteroatoms. The standard InChI is InChI=1S/C25H21N3O3S/c29-24(19-10-5-2-6-11-19)27-13-15-28(16-14-27)25(30)22-21(18-8-3-1-4-9-18)26-23(32-22)20-12-7-17-31-20/h1-12,17H,13-16H2. The van der Waals surface area contributed by atoms with Crippen LogP contribution in [-0.2, 0) is 0 Å². The number of nitrogens with zero attached hydrogens (tertiary/aromatic N) is 3. The number of carbonyl (C=O) groups is 2. The van der Waals surface area contributed by atoms with Gasteiger partial charge in [-0.1, -0.05) is 48.5 Å². The smallest absolute Gasteiger partial charge is 0.266 e. The van der Waals surface area contributed by atoms with E-state index >= 15 is 0 Å². The number of hydrogen-bond acceptors (Lipinski definition) is 5. The van der Waals surface area contributed by atoms with Crippen LogP contribution in [0.5, 0.6) is 0 Å². The second kappa shape index (κ2) is 8.80. The molecule has 0 atom stereocenters. The zero-order valence-corrected chi connectivity index (χ0v) is 18.1. The molecule has 0 spiro atoms. The van der Waals surface area contributed by atoms with Gasteiger partial charge in [-0.3, -0.25) is 9.59 Å². The molecule has 0 bridgehead atoms. The molecule has 160 valence electrons. The number of furan rings is 1. The van der Waals surface area contributed by atoms with Crippen molar-refractivity contribution in [3.05, 3.63) is 89.5 Å². The Morgan fingerprint density at radius 2 is 1.41 bits per heavy atom. The minimum absolute atomic E-state index is 0.000527. The molecule has 0 saturated carbocycles. The van der Waals surface area contributed by atoms with Crippen LogP contribution >= 0.6 is 11.3 Å². The predicted molar refractivity (Wildman–Crippen MR) is 124 cm³/mol. The lowest BCUT2D eigenvalue weighted by Gasteiger charge is -2.34. The molecule has 3 heterocycles. The fourth-order valence-corrected chi connectivity index (χ4v) is 4.81. The fraction of sp³-hybridized carbons (Fsp3) is 0.160. The Kier molecular flexibility index (Phi) is 5.56. The molecule has 0 radical (unpaired) electrons. The van der Waals surface area contributed by atoms with Crippen LogP contribution in [0.3, 0.4) is 0 Å². The third-order valence-corrected chi connectivity index (χ3v) is 6.53. The third kappa shape index (κ3) is 3.94. The van der Waals surface area contributed by atoms with Crippen molar-refractivity contribution in [1.82, 2.24) is 14.8 Å². The van der Waals surface area contributed by atoms with Crippen molar-refractivity contribution >= 4 is 23.2 Å². The van der Waals surface area contributed by atoms with Gasteiger partial charge < -0.3 is 14.2 Å². The summed E-state index contributed by atoms with van der Waals surface area (Å²) < 4.78 is 5.51. The molecule has 1 aliphatic rings. The van der Waals surface area contributed by atoms with E-state index in [4.69, 9.17) is 9.40 Å². The van der Waals surface area contributed by atoms with Crippen LogP contribution in [-0.4, -0.2) is 52.8 Å². The zero-order chi connectivity index (χ0) is 21.9. The number of aromatic nitrogens is 1. The summed E-state index contributed by atoms with van der Waals surface area (Å²) in [5, 5.41) is 0.676. The SMILES string of the molecule is O=C(c1ccccc1)N1CCN(C(=O)c2sc(-c3ccco3)nc2-c2ccccc2)CC1. The van der Waals surface area contributed by atoms with Crippen molar-refractivity contribution in [2.24, 2.45) is 0 Å². The van der Waals surface area contributed by atoms with Gasteiger partial charge in [0.05, 0.1) is 12.0 Å². The average Bonchev–Trinajstić information content (AvgIpc) is 3.55. The Bertz CT molecular complexity index is 1210. The third-order valence-electron chi connectivity index (χ3n) is 5.48. The Morgan fingerprint density at radius 3 is 2.03 bits per heavy atom. The largest absolute Gasteiger partial charge is 0.462 e. The topological polar surface area (TPSA) is 66.7 Å². The number of carbonyl (C=O) groups excluding carboxylic acids is 2. The first-order chi connectivity index (χ1) is 15.7. The molecular weight excluding hydrogens is 422 g/mol. The lowest BCUT2D eigenvalue weighted by atomic mass is 10.1. The van der Waals surface area contributed by atoms with Crippen molar-refractivity contribution in [1.29, 1.82) is 0 Å². The highest BCUT2D eigenvalue weighted by Crippen LogP contribution is 2.35. The summed E-state index contributed by atoms with van der Waals surface area (Å²) >= 11 is 1.34. The van der Waals surface area contributed by atoms with Crippen molar-refractivity contribution in [2.45, 2.75) is 0 Å². The Morgan fingerprint density at radius 1 is 0.781 bits per heavy atom. The normalized spacial score (nSPS) is 13.9. The number of thiazole rings is 1. The zero-order valence-electron chi connectivity index (χ0n) is 17.3. The summed E-state index contributed by atoms with van der Waals surface area (Å²) in [5.74, 6) is 0.580. The molecule has 32 heavy (non-hydrogen) atoms. The maximum atomic E-state index is 13.5. The number of rotatable bonds is 4. The molecule has 1 fully saturated rings. The average molecular weight is 444 g/mol. The molecule has 2 aromatic carbocycles. The summed E-state index contributed by atoms with van der Waals surface area (Å²) in [5.41, 5.74) is 2.22. The number of benzene rings is 2. The molecule has 5 rings (SSSR count). The second-order valence-corrected chi connectivity index (χ2v) is 8.49. The van der Waals surface area contributed by atoms with E-state index < -0.39 is 0 Å². The van der Waals surface area contributed by atoms with E-state index in [0.29, 0.717) is 53.1 Å². The molecule has 2 aromatic heterocycles. The monoisotopic (exact) mass is 443 g/mol. The molecule has 1 aliphatic heterocycles. The molecule has 2 amide bonds. The quantitative estimate of drug-likeness (QED) is 0.460. The fourth-order valence-electron chi connectivity index (χ4n) is 3.78. The Labute approximate surface area is 189 Å². The van der Waals surface area contributed by atoms with Gasteiger partial charge >= 0.3 is 0 Å². The van der Waals surface area contributed by atoms with Crippen LogP contribution in [0.1, 0.15) is 20.0 Å². The molecule has 0 aliphatic carbocycles. The maximum Gasteiger partial charge on any atom is 0.266 e. The van der Waals surface area contributed by atoms with Crippen LogP contribution in [0.15, 0.2) is 83.5 Å². The molecule has 1 saturated heterocycles. The summed E-state index contributed by atoms with van der Waals surface area (Å²) in [6.45, 7) is 1.98. The van der Waals surface area contributed by atoms with Gasteiger partial charge in [0.2, 0.25) is 0 Å². The van der Waals surface area contributed by atoms with Crippen LogP contribution in [0.2, 0.25) is 0 Å². The maximum absolute atomic E-state index is 13.5. The first-order valence-corrected chi connectivity index (χ1v) is 11.3. The van der Waals surface area contributed by atoms with E-state index in [1.807, 2.05) is 72.8 Å². The highest BCUT2D eigenvalue weighted by atomic mass is 32.1. The van der Waals surface area contributed by atoms with Gasteiger partial charge in [-0.25, -0.2) is 4.98 Å². The van der Waals surface area contributed by atoms with Gasteiger partial charge in [-0.2, -0.15) is 0 Å². The summed E-state index contributed by atoms with van der Waals surface area (Å²) in [6.07, 6.45) is 1.60. The lowest BCUT2D eigenvalue weighted by Crippen LogP contribution is -2.50. The van der Waals surface area contributed by atoms with Crippen LogP contribution in [0.25, 0.3) is 22.0 Å². The van der Waals surface area contributed by atoms with Crippen LogP contribution in [0.4, 0.5) is 0 Å². The molecule has 0 N–H and O–H groups in total. The molecule has 4 aromatic rings. The molecule has 0 unspecified atom stereocenters. The van der Waals surface area contributed by atoms with E-state index in [2.05, 4.69) is 0 Å². The van der Waals surface area contributed by atoms with Gasteiger partial charge in [0, 0.05) is 37.3 Å². The van der Waals surface area contributed by atoms with Crippen molar-refractivity contribution in [2.75, 3.05) is 26.2 Å². The van der Waals surface area contributed by atoms with Gasteiger partial charge in [0.1, 0.15) is 4.88 Å². The minimum atomic E-state index is -0.0639. The van der Waals surface area contributed by atoms with Gasteiger partial charge in [-0.05, 0) is 24.3 Å². The van der Waals surface area contributed by atoms with Crippen molar-refractivity contribution in [3.63, 3.8) is 0 Å². The highest BCUT2D eigenvalue weighted by molar-refractivity contribution is 7.17. The van der Waals surface area contributed by atoms with E-state index in [-0.39, 0.29) is 11.8 Å². The van der Waals surface area contributed by atoms with Gasteiger partial charge in [-0.15, -0.1) is 11.3 Å². The number of hydrogen-bond donors (Lipinski definition) is 0. The second-order valence-electron chi connectivity index (χ2n) is 7.49. The van der Waals surface area contributed by atoms with E-state index in [9.17, 15) is 9.59 Å². The lowest BCUT2D eigenvalue weighted by molar-refractivity contribution is 0.0538. The Balaban J connectivity index is 1.37. The molecule has 6 nitrogen and oxygen atoms in total. The van der Waals surface area contributed by atoms with E-state index in [0.717, 1.165) is 5.56 Å². The number of amides is 2. The first-order valence-electron chi connectivity index (χ1n) is 10.4. The van der Waals surface area contributed by atoms with E-state index in [1.54, 1.807) is 16.1 Å². The van der Waals surface area contributed by atoms with Crippen molar-refractivity contribution in [3.8, 4) is 22.0 Å². The van der Waals surface area contributed by atoms with E-state index in [1.165, 1.54) is 11.3 Å².